The summed E-state index contributed by atoms with van der Waals surface area (Å²) in [6, 6.07) is 11.3. The fraction of sp³-hybridized carbons (Fsp3) is 0.609. The maximum absolute atomic E-state index is 5.16. The van der Waals surface area contributed by atoms with E-state index in [1.165, 1.54) is 12.0 Å². The van der Waals surface area contributed by atoms with Crippen LogP contribution in [0.15, 0.2) is 35.3 Å². The van der Waals surface area contributed by atoms with Crippen molar-refractivity contribution in [2.45, 2.75) is 45.8 Å². The standard InChI is InChI=1S/C23H37N7O.HI/c1-18-13-21(17-30(18)16-20-9-6-5-7-10-20)14-25-23(24-11-8-12-31-4)26-15-22-28-27-19(2)29(22)3;/h5-7,9-10,18,21H,8,11-17H2,1-4H3,(H2,24,25,26);1H. The third kappa shape index (κ3) is 8.00. The molecule has 1 aromatic carbocycles. The number of benzene rings is 1. The number of nitrogens with one attached hydrogen (secondary N) is 2. The minimum Gasteiger partial charge on any atom is -0.385 e. The number of nitrogens with zero attached hydrogens (tertiary/aromatic N) is 5. The number of hydrogen-bond donors (Lipinski definition) is 2. The van der Waals surface area contributed by atoms with Gasteiger partial charge in [0, 0.05) is 53.0 Å². The number of aryl methyl sites for hydroxylation is 1. The highest BCUT2D eigenvalue weighted by atomic mass is 127. The highest BCUT2D eigenvalue weighted by Crippen LogP contribution is 2.24. The summed E-state index contributed by atoms with van der Waals surface area (Å²) in [5, 5.41) is 15.3. The molecule has 178 valence electrons. The van der Waals surface area contributed by atoms with Crippen LogP contribution < -0.4 is 10.6 Å². The van der Waals surface area contributed by atoms with Crippen LogP contribution >= 0.6 is 24.0 Å². The van der Waals surface area contributed by atoms with Crippen molar-refractivity contribution in [3.8, 4) is 0 Å². The monoisotopic (exact) mass is 555 g/mol. The van der Waals surface area contributed by atoms with Crippen molar-refractivity contribution < 1.29 is 4.74 Å². The van der Waals surface area contributed by atoms with Gasteiger partial charge in [0.1, 0.15) is 12.4 Å². The van der Waals surface area contributed by atoms with Gasteiger partial charge in [0.15, 0.2) is 11.8 Å². The SMILES string of the molecule is COCCCNC(=NCc1nnc(C)n1C)NCC1CC(C)N(Cc2ccccc2)C1.I. The van der Waals surface area contributed by atoms with Crippen molar-refractivity contribution in [1.82, 2.24) is 30.3 Å². The van der Waals surface area contributed by atoms with Crippen LogP contribution in [-0.4, -0.2) is 65.0 Å². The Morgan fingerprint density at radius 2 is 2.00 bits per heavy atom. The Labute approximate surface area is 209 Å². The molecule has 2 aromatic rings. The molecule has 2 heterocycles. The second-order valence-corrected chi connectivity index (χ2v) is 8.41. The number of guanidine groups is 1. The molecule has 8 nitrogen and oxygen atoms in total. The molecule has 0 saturated carbocycles. The fourth-order valence-corrected chi connectivity index (χ4v) is 3.98. The van der Waals surface area contributed by atoms with Gasteiger partial charge >= 0.3 is 0 Å². The number of hydrogen-bond acceptors (Lipinski definition) is 5. The topological polar surface area (TPSA) is 79.6 Å². The second-order valence-electron chi connectivity index (χ2n) is 8.41. The molecule has 1 aliphatic rings. The number of aliphatic imine (C=N–C) groups is 1. The van der Waals surface area contributed by atoms with E-state index < -0.39 is 0 Å². The molecule has 0 spiro atoms. The predicted molar refractivity (Wildman–Crippen MR) is 139 cm³/mol. The van der Waals surface area contributed by atoms with Crippen molar-refractivity contribution >= 4 is 29.9 Å². The van der Waals surface area contributed by atoms with Gasteiger partial charge < -0.3 is 19.9 Å². The first-order valence-electron chi connectivity index (χ1n) is 11.2. The number of rotatable bonds is 10. The van der Waals surface area contributed by atoms with Crippen molar-refractivity contribution in [1.29, 1.82) is 0 Å². The molecular weight excluding hydrogens is 517 g/mol. The van der Waals surface area contributed by atoms with E-state index in [2.05, 4.69) is 63.0 Å². The molecule has 0 amide bonds. The molecule has 2 N–H and O–H groups in total. The van der Waals surface area contributed by atoms with Gasteiger partial charge in [-0.25, -0.2) is 4.99 Å². The molecule has 1 fully saturated rings. The number of methoxy groups -OCH3 is 1. The normalized spacial score (nSPS) is 19.1. The Morgan fingerprint density at radius 3 is 2.69 bits per heavy atom. The maximum Gasteiger partial charge on any atom is 0.191 e. The maximum atomic E-state index is 5.16. The molecule has 9 heteroatoms. The van der Waals surface area contributed by atoms with Crippen LogP contribution in [-0.2, 0) is 24.9 Å². The van der Waals surface area contributed by atoms with E-state index in [0.717, 1.165) is 56.8 Å². The third-order valence-electron chi connectivity index (χ3n) is 5.96. The average Bonchev–Trinajstić information content (AvgIpc) is 3.29. The van der Waals surface area contributed by atoms with Crippen molar-refractivity contribution in [3.63, 3.8) is 0 Å². The quantitative estimate of drug-likeness (QED) is 0.203. The highest BCUT2D eigenvalue weighted by molar-refractivity contribution is 14.0. The zero-order valence-corrected chi connectivity index (χ0v) is 22.1. The third-order valence-corrected chi connectivity index (χ3v) is 5.96. The van der Waals surface area contributed by atoms with E-state index in [1.807, 2.05) is 18.5 Å². The van der Waals surface area contributed by atoms with E-state index in [1.54, 1.807) is 7.11 Å². The summed E-state index contributed by atoms with van der Waals surface area (Å²) in [4.78, 5) is 7.33. The Morgan fingerprint density at radius 1 is 1.22 bits per heavy atom. The first kappa shape index (κ1) is 26.5. The van der Waals surface area contributed by atoms with Crippen molar-refractivity contribution in [3.05, 3.63) is 47.5 Å². The number of ether oxygens (including phenoxy) is 1. The molecule has 0 radical (unpaired) electrons. The predicted octanol–water partition coefficient (Wildman–Crippen LogP) is 2.72. The van der Waals surface area contributed by atoms with Gasteiger partial charge in [-0.15, -0.1) is 34.2 Å². The van der Waals surface area contributed by atoms with Crippen LogP contribution in [0.25, 0.3) is 0 Å². The Kier molecular flexibility index (Phi) is 11.4. The molecular formula is C23H38IN7O. The summed E-state index contributed by atoms with van der Waals surface area (Å²) in [6.45, 7) is 9.35. The fourth-order valence-electron chi connectivity index (χ4n) is 3.98. The molecule has 2 atom stereocenters. The summed E-state index contributed by atoms with van der Waals surface area (Å²) >= 11 is 0. The van der Waals surface area contributed by atoms with Gasteiger partial charge in [0.25, 0.3) is 0 Å². The van der Waals surface area contributed by atoms with E-state index in [-0.39, 0.29) is 24.0 Å². The van der Waals surface area contributed by atoms with Crippen LogP contribution in [0.3, 0.4) is 0 Å². The molecule has 0 bridgehead atoms. The zero-order chi connectivity index (χ0) is 22.1. The lowest BCUT2D eigenvalue weighted by atomic mass is 10.1. The van der Waals surface area contributed by atoms with Gasteiger partial charge in [0.05, 0.1) is 0 Å². The van der Waals surface area contributed by atoms with Crippen molar-refractivity contribution in [2.75, 3.05) is 33.4 Å². The van der Waals surface area contributed by atoms with Gasteiger partial charge in [-0.1, -0.05) is 30.3 Å². The minimum absolute atomic E-state index is 0. The number of halogens is 1. The minimum atomic E-state index is 0. The highest BCUT2D eigenvalue weighted by Gasteiger charge is 2.28. The van der Waals surface area contributed by atoms with Crippen LogP contribution in [0.5, 0.6) is 0 Å². The smallest absolute Gasteiger partial charge is 0.191 e. The Bertz CT molecular complexity index is 827. The number of likely N-dealkylation sites (tertiary alicyclic amines) is 1. The molecule has 1 saturated heterocycles. The Hall–Kier alpha value is -1.72. The van der Waals surface area contributed by atoms with Gasteiger partial charge in [0.2, 0.25) is 0 Å². The first-order valence-corrected chi connectivity index (χ1v) is 11.2. The van der Waals surface area contributed by atoms with E-state index in [0.29, 0.717) is 18.5 Å². The summed E-state index contributed by atoms with van der Waals surface area (Å²) in [5.74, 6) is 3.18. The summed E-state index contributed by atoms with van der Waals surface area (Å²) in [7, 11) is 3.70. The Balaban J connectivity index is 0.00000363. The van der Waals surface area contributed by atoms with E-state index >= 15 is 0 Å². The number of aromatic nitrogens is 3. The first-order chi connectivity index (χ1) is 15.1. The van der Waals surface area contributed by atoms with Gasteiger partial charge in [-0.3, -0.25) is 4.90 Å². The molecule has 32 heavy (non-hydrogen) atoms. The lowest BCUT2D eigenvalue weighted by molar-refractivity contribution is 0.195. The lowest BCUT2D eigenvalue weighted by Gasteiger charge is -2.21. The molecule has 3 rings (SSSR count). The van der Waals surface area contributed by atoms with Crippen LogP contribution in [0.4, 0.5) is 0 Å². The van der Waals surface area contributed by atoms with Gasteiger partial charge in [-0.05, 0) is 38.2 Å². The molecule has 1 aliphatic heterocycles. The second kappa shape index (κ2) is 13.7. The molecule has 1 aromatic heterocycles. The van der Waals surface area contributed by atoms with Crippen LogP contribution in [0.2, 0.25) is 0 Å². The zero-order valence-electron chi connectivity index (χ0n) is 19.8. The summed E-state index contributed by atoms with van der Waals surface area (Å²) in [6.07, 6.45) is 2.13. The molecule has 2 unspecified atom stereocenters. The van der Waals surface area contributed by atoms with E-state index in [9.17, 15) is 0 Å². The summed E-state index contributed by atoms with van der Waals surface area (Å²) < 4.78 is 7.14. The summed E-state index contributed by atoms with van der Waals surface area (Å²) in [5.41, 5.74) is 1.38. The van der Waals surface area contributed by atoms with Crippen LogP contribution in [0.1, 0.15) is 37.0 Å². The van der Waals surface area contributed by atoms with E-state index in [4.69, 9.17) is 9.73 Å². The van der Waals surface area contributed by atoms with Crippen molar-refractivity contribution in [2.24, 2.45) is 18.0 Å². The van der Waals surface area contributed by atoms with Gasteiger partial charge in [-0.2, -0.15) is 0 Å². The lowest BCUT2D eigenvalue weighted by Crippen LogP contribution is -2.41. The molecule has 0 aliphatic carbocycles. The average molecular weight is 556 g/mol. The largest absolute Gasteiger partial charge is 0.385 e. The van der Waals surface area contributed by atoms with Crippen LogP contribution in [0, 0.1) is 12.8 Å².